The van der Waals surface area contributed by atoms with E-state index in [1.165, 1.54) is 0 Å². The van der Waals surface area contributed by atoms with Crippen LogP contribution in [0.2, 0.25) is 0 Å². The first kappa shape index (κ1) is 16.3. The fourth-order valence-corrected chi connectivity index (χ4v) is 3.19. The molecule has 5 heteroatoms. The van der Waals surface area contributed by atoms with Crippen molar-refractivity contribution in [2.24, 2.45) is 5.92 Å². The van der Waals surface area contributed by atoms with E-state index >= 15 is 0 Å². The average Bonchev–Trinajstić information content (AvgIpc) is 2.33. The van der Waals surface area contributed by atoms with Gasteiger partial charge in [-0.1, -0.05) is 20.8 Å². The van der Waals surface area contributed by atoms with E-state index in [9.17, 15) is 9.59 Å². The Labute approximate surface area is 120 Å². The Balaban J connectivity index is 2.80. The van der Waals surface area contributed by atoms with Gasteiger partial charge in [-0.2, -0.15) is 11.8 Å². The number of nitrogens with one attached hydrogen (secondary N) is 1. The Bertz CT molecular complexity index is 333. The quantitative estimate of drug-likeness (QED) is 0.811. The highest BCUT2D eigenvalue weighted by Gasteiger charge is 2.40. The van der Waals surface area contributed by atoms with Crippen LogP contribution in [-0.2, 0) is 9.59 Å². The van der Waals surface area contributed by atoms with Crippen LogP contribution >= 0.6 is 11.8 Å². The minimum absolute atomic E-state index is 0.0291. The standard InChI is InChI=1S/C14H26N2O2S/c1-6-19-8-10(4)16-11(5)13(17)15-12(14(16)18)7-9(2)3/h9-12H,6-8H2,1-5H3,(H,15,17). The Morgan fingerprint density at radius 2 is 1.95 bits per heavy atom. The first-order valence-corrected chi connectivity index (χ1v) is 8.24. The van der Waals surface area contributed by atoms with Crippen molar-refractivity contribution in [3.05, 3.63) is 0 Å². The molecule has 0 aromatic rings. The molecule has 110 valence electrons. The van der Waals surface area contributed by atoms with Crippen molar-refractivity contribution in [2.45, 2.75) is 59.2 Å². The number of hydrogen-bond acceptors (Lipinski definition) is 3. The molecular weight excluding hydrogens is 260 g/mol. The summed E-state index contributed by atoms with van der Waals surface area (Å²) in [5.41, 5.74) is 0. The lowest BCUT2D eigenvalue weighted by molar-refractivity contribution is -0.150. The number of piperazine rings is 1. The molecule has 0 aromatic carbocycles. The average molecular weight is 286 g/mol. The van der Waals surface area contributed by atoms with E-state index in [0.29, 0.717) is 12.3 Å². The van der Waals surface area contributed by atoms with Crippen molar-refractivity contribution in [2.75, 3.05) is 11.5 Å². The van der Waals surface area contributed by atoms with E-state index in [0.717, 1.165) is 11.5 Å². The van der Waals surface area contributed by atoms with Gasteiger partial charge in [-0.15, -0.1) is 0 Å². The van der Waals surface area contributed by atoms with Gasteiger partial charge >= 0.3 is 0 Å². The van der Waals surface area contributed by atoms with Gasteiger partial charge in [0.2, 0.25) is 11.8 Å². The van der Waals surface area contributed by atoms with Crippen LogP contribution in [0.3, 0.4) is 0 Å². The van der Waals surface area contributed by atoms with E-state index in [1.54, 1.807) is 16.7 Å². The smallest absolute Gasteiger partial charge is 0.246 e. The van der Waals surface area contributed by atoms with Gasteiger partial charge < -0.3 is 10.2 Å². The van der Waals surface area contributed by atoms with Gasteiger partial charge in [0.05, 0.1) is 0 Å². The molecule has 0 aliphatic carbocycles. The molecule has 2 amide bonds. The third-order valence-electron chi connectivity index (χ3n) is 3.41. The number of hydrogen-bond donors (Lipinski definition) is 1. The van der Waals surface area contributed by atoms with Crippen LogP contribution in [0.5, 0.6) is 0 Å². The molecule has 4 nitrogen and oxygen atoms in total. The second kappa shape index (κ2) is 7.17. The highest BCUT2D eigenvalue weighted by Crippen LogP contribution is 2.20. The Morgan fingerprint density at radius 3 is 2.47 bits per heavy atom. The molecule has 1 heterocycles. The first-order chi connectivity index (χ1) is 8.88. The summed E-state index contributed by atoms with van der Waals surface area (Å²) in [6.07, 6.45) is 0.710. The molecule has 1 aliphatic heterocycles. The first-order valence-electron chi connectivity index (χ1n) is 7.08. The third kappa shape index (κ3) is 4.13. The summed E-state index contributed by atoms with van der Waals surface area (Å²) in [4.78, 5) is 26.3. The third-order valence-corrected chi connectivity index (χ3v) is 4.54. The molecule has 1 N–H and O–H groups in total. The van der Waals surface area contributed by atoms with Crippen LogP contribution in [-0.4, -0.2) is 46.3 Å². The highest BCUT2D eigenvalue weighted by molar-refractivity contribution is 7.99. The summed E-state index contributed by atoms with van der Waals surface area (Å²) < 4.78 is 0. The Kier molecular flexibility index (Phi) is 6.17. The maximum absolute atomic E-state index is 12.5. The normalized spacial score (nSPS) is 25.7. The minimum Gasteiger partial charge on any atom is -0.343 e. The summed E-state index contributed by atoms with van der Waals surface area (Å²) in [6.45, 7) is 10.1. The van der Waals surface area contributed by atoms with E-state index in [-0.39, 0.29) is 29.9 Å². The highest BCUT2D eigenvalue weighted by atomic mass is 32.2. The van der Waals surface area contributed by atoms with E-state index < -0.39 is 0 Å². The molecule has 0 bridgehead atoms. The van der Waals surface area contributed by atoms with Crippen molar-refractivity contribution < 1.29 is 9.59 Å². The largest absolute Gasteiger partial charge is 0.343 e. The fraction of sp³-hybridized carbons (Fsp3) is 0.857. The Morgan fingerprint density at radius 1 is 1.32 bits per heavy atom. The predicted octanol–water partition coefficient (Wildman–Crippen LogP) is 1.89. The van der Waals surface area contributed by atoms with Crippen molar-refractivity contribution in [1.82, 2.24) is 10.2 Å². The fourth-order valence-electron chi connectivity index (χ4n) is 2.45. The number of nitrogens with zero attached hydrogens (tertiary/aromatic N) is 1. The molecule has 0 radical (unpaired) electrons. The van der Waals surface area contributed by atoms with Gasteiger partial charge in [0.15, 0.2) is 0 Å². The summed E-state index contributed by atoms with van der Waals surface area (Å²) in [5.74, 6) is 2.35. The molecule has 3 atom stereocenters. The molecule has 1 aliphatic rings. The van der Waals surface area contributed by atoms with Crippen molar-refractivity contribution in [3.8, 4) is 0 Å². The topological polar surface area (TPSA) is 49.4 Å². The maximum atomic E-state index is 12.5. The zero-order valence-electron chi connectivity index (χ0n) is 12.6. The molecule has 1 fully saturated rings. The molecule has 19 heavy (non-hydrogen) atoms. The molecule has 0 aromatic heterocycles. The molecular formula is C14H26N2O2S. The van der Waals surface area contributed by atoms with Gasteiger partial charge in [-0.25, -0.2) is 0 Å². The van der Waals surface area contributed by atoms with Crippen molar-refractivity contribution >= 4 is 23.6 Å². The summed E-state index contributed by atoms with van der Waals surface area (Å²) in [6, 6.07) is -0.602. The molecule has 0 saturated carbocycles. The lowest BCUT2D eigenvalue weighted by atomic mass is 9.98. The van der Waals surface area contributed by atoms with Gasteiger partial charge in [0, 0.05) is 11.8 Å². The minimum atomic E-state index is -0.358. The van der Waals surface area contributed by atoms with Gasteiger partial charge in [-0.05, 0) is 31.9 Å². The van der Waals surface area contributed by atoms with Crippen LogP contribution in [0.15, 0.2) is 0 Å². The summed E-state index contributed by atoms with van der Waals surface area (Å²) in [5, 5.41) is 2.85. The lowest BCUT2D eigenvalue weighted by Crippen LogP contribution is -2.65. The number of carbonyl (C=O) groups is 2. The monoisotopic (exact) mass is 286 g/mol. The van der Waals surface area contributed by atoms with Gasteiger partial charge in [0.1, 0.15) is 12.1 Å². The zero-order chi connectivity index (χ0) is 14.6. The van der Waals surface area contributed by atoms with E-state index in [2.05, 4.69) is 26.1 Å². The maximum Gasteiger partial charge on any atom is 0.246 e. The molecule has 1 rings (SSSR count). The second-order valence-electron chi connectivity index (χ2n) is 5.62. The van der Waals surface area contributed by atoms with Crippen LogP contribution < -0.4 is 5.32 Å². The van der Waals surface area contributed by atoms with Gasteiger partial charge in [0.25, 0.3) is 0 Å². The molecule has 0 spiro atoms. The number of rotatable bonds is 6. The SMILES string of the molecule is CCSCC(C)N1C(=O)C(CC(C)C)NC(=O)C1C. The number of amides is 2. The van der Waals surface area contributed by atoms with Crippen LogP contribution in [0.25, 0.3) is 0 Å². The second-order valence-corrected chi connectivity index (χ2v) is 6.94. The Hall–Kier alpha value is -0.710. The van der Waals surface area contributed by atoms with Crippen molar-refractivity contribution in [1.29, 1.82) is 0 Å². The van der Waals surface area contributed by atoms with Gasteiger partial charge in [-0.3, -0.25) is 9.59 Å². The van der Waals surface area contributed by atoms with Crippen LogP contribution in [0.4, 0.5) is 0 Å². The molecule has 3 unspecified atom stereocenters. The van der Waals surface area contributed by atoms with Crippen LogP contribution in [0.1, 0.15) is 41.0 Å². The van der Waals surface area contributed by atoms with E-state index in [1.807, 2.05) is 13.8 Å². The summed E-state index contributed by atoms with van der Waals surface area (Å²) >= 11 is 1.80. The predicted molar refractivity (Wildman–Crippen MR) is 80.2 cm³/mol. The van der Waals surface area contributed by atoms with Crippen LogP contribution in [0, 0.1) is 5.92 Å². The molecule has 1 saturated heterocycles. The van der Waals surface area contributed by atoms with E-state index in [4.69, 9.17) is 0 Å². The summed E-state index contributed by atoms with van der Waals surface area (Å²) in [7, 11) is 0. The number of thioether (sulfide) groups is 1. The van der Waals surface area contributed by atoms with Crippen molar-refractivity contribution in [3.63, 3.8) is 0 Å². The zero-order valence-corrected chi connectivity index (χ0v) is 13.4. The lowest BCUT2D eigenvalue weighted by Gasteiger charge is -2.41. The number of carbonyl (C=O) groups excluding carboxylic acids is 2.